The fraction of sp³-hybridized carbons (Fsp3) is 0.875. The Hall–Kier alpha value is 0.400. The summed E-state index contributed by atoms with van der Waals surface area (Å²) in [5, 5.41) is 8.14. The van der Waals surface area contributed by atoms with Gasteiger partial charge in [0.05, 0.1) is 0 Å². The summed E-state index contributed by atoms with van der Waals surface area (Å²) < 4.78 is 0. The minimum absolute atomic E-state index is 0. The van der Waals surface area contributed by atoms with Gasteiger partial charge in [0.1, 0.15) is 5.71 Å². The van der Waals surface area contributed by atoms with Crippen LogP contribution in [0.15, 0.2) is 12.2 Å². The maximum Gasteiger partial charge on any atom is 0.149 e. The lowest BCUT2D eigenvalue weighted by Gasteiger charge is -2.33. The zero-order valence-electron chi connectivity index (χ0n) is 18.4. The van der Waals surface area contributed by atoms with Crippen LogP contribution in [0.1, 0.15) is 97.3 Å². The molecule has 164 valence electrons. The Bertz CT molecular complexity index is 454. The minimum atomic E-state index is 0. The van der Waals surface area contributed by atoms with E-state index in [-0.39, 0.29) is 12.4 Å². The van der Waals surface area contributed by atoms with E-state index in [4.69, 9.17) is 5.41 Å². The minimum Gasteiger partial charge on any atom is -1.00 e. The summed E-state index contributed by atoms with van der Waals surface area (Å²) in [6.45, 7) is 9.09. The highest BCUT2D eigenvalue weighted by Crippen LogP contribution is 2.38. The summed E-state index contributed by atoms with van der Waals surface area (Å²) in [5.74, 6) is 4.57. The van der Waals surface area contributed by atoms with Crippen molar-refractivity contribution >= 4 is 29.2 Å². The van der Waals surface area contributed by atoms with Crippen molar-refractivity contribution in [3.05, 3.63) is 12.2 Å². The third-order valence-corrected chi connectivity index (χ3v) is 9.90. The Labute approximate surface area is 190 Å². The van der Waals surface area contributed by atoms with E-state index in [0.717, 1.165) is 35.2 Å². The number of allylic oxidation sites excluding steroid dienone is 1. The van der Waals surface area contributed by atoms with Crippen molar-refractivity contribution in [1.82, 2.24) is 0 Å². The Morgan fingerprint density at radius 3 is 1.71 bits per heavy atom. The van der Waals surface area contributed by atoms with Gasteiger partial charge in [0.2, 0.25) is 0 Å². The molecule has 2 saturated carbocycles. The van der Waals surface area contributed by atoms with E-state index in [2.05, 4.69) is 44.0 Å². The molecule has 2 rings (SSSR count). The molecule has 2 N–H and O–H groups in total. The second-order valence-electron chi connectivity index (χ2n) is 9.10. The molecular weight excluding hydrogens is 402 g/mol. The number of rotatable bonds is 16. The molecule has 0 radical (unpaired) electrons. The second-order valence-corrected chi connectivity index (χ2v) is 11.8. The summed E-state index contributed by atoms with van der Waals surface area (Å²) in [6, 6.07) is 0. The molecule has 0 aliphatic heterocycles. The second kappa shape index (κ2) is 15.2. The molecule has 28 heavy (non-hydrogen) atoms. The molecule has 0 aromatic heterocycles. The third-order valence-electron chi connectivity index (χ3n) is 6.59. The quantitative estimate of drug-likeness (QED) is 0.224. The van der Waals surface area contributed by atoms with Crippen LogP contribution in [-0.2, 0) is 0 Å². The SMILES string of the molecule is C=C(CCCCSC1CCC1C)CCCCC(=[NH2+])CCCSC1CCC1C.[Cl-]. The maximum absolute atomic E-state index is 6.23. The Morgan fingerprint density at radius 1 is 0.750 bits per heavy atom. The summed E-state index contributed by atoms with van der Waals surface area (Å²) in [5.41, 5.74) is 2.69. The van der Waals surface area contributed by atoms with Crippen molar-refractivity contribution in [1.29, 1.82) is 0 Å². The highest BCUT2D eigenvalue weighted by molar-refractivity contribution is 8.00. The van der Waals surface area contributed by atoms with Gasteiger partial charge < -0.3 is 12.4 Å². The smallest absolute Gasteiger partial charge is 0.149 e. The summed E-state index contributed by atoms with van der Waals surface area (Å²) in [7, 11) is 0. The van der Waals surface area contributed by atoms with Crippen LogP contribution in [-0.4, -0.2) is 27.7 Å². The van der Waals surface area contributed by atoms with E-state index in [0.29, 0.717) is 0 Å². The van der Waals surface area contributed by atoms with Crippen LogP contribution in [0.25, 0.3) is 0 Å². The van der Waals surface area contributed by atoms with Gasteiger partial charge in [0, 0.05) is 23.3 Å². The molecule has 0 saturated heterocycles. The molecule has 4 heteroatoms. The van der Waals surface area contributed by atoms with Crippen molar-refractivity contribution in [2.24, 2.45) is 11.8 Å². The number of unbranched alkanes of at least 4 members (excludes halogenated alkanes) is 2. The predicted octanol–water partition coefficient (Wildman–Crippen LogP) is 3.32. The average Bonchev–Trinajstić information content (AvgIpc) is 2.65. The van der Waals surface area contributed by atoms with Crippen LogP contribution in [0.3, 0.4) is 0 Å². The molecule has 4 atom stereocenters. The molecule has 0 amide bonds. The van der Waals surface area contributed by atoms with Gasteiger partial charge in [0.25, 0.3) is 0 Å². The Balaban J connectivity index is 0.00000392. The van der Waals surface area contributed by atoms with Gasteiger partial charge in [-0.1, -0.05) is 26.0 Å². The van der Waals surface area contributed by atoms with Crippen molar-refractivity contribution in [3.63, 3.8) is 0 Å². The predicted molar refractivity (Wildman–Crippen MR) is 127 cm³/mol. The monoisotopic (exact) mass is 445 g/mol. The zero-order valence-corrected chi connectivity index (χ0v) is 20.8. The van der Waals surface area contributed by atoms with Crippen LogP contribution < -0.4 is 17.8 Å². The first kappa shape index (κ1) is 26.4. The van der Waals surface area contributed by atoms with Crippen LogP contribution in [0.5, 0.6) is 0 Å². The topological polar surface area (TPSA) is 25.6 Å². The molecule has 4 unspecified atom stereocenters. The highest BCUT2D eigenvalue weighted by Gasteiger charge is 2.27. The van der Waals surface area contributed by atoms with E-state index in [1.165, 1.54) is 93.4 Å². The fourth-order valence-corrected chi connectivity index (χ4v) is 6.81. The third kappa shape index (κ3) is 10.4. The van der Waals surface area contributed by atoms with Crippen molar-refractivity contribution in [3.8, 4) is 0 Å². The molecule has 0 spiro atoms. The molecule has 0 aromatic rings. The summed E-state index contributed by atoms with van der Waals surface area (Å²) >= 11 is 4.39. The highest BCUT2D eigenvalue weighted by atomic mass is 35.5. The molecule has 2 fully saturated rings. The maximum atomic E-state index is 6.23. The standard InChI is InChI=1S/C24H43NS2.ClH/c1-19(10-6-7-17-26-23-15-13-20(23)2)9-4-5-11-22(25)12-8-18-27-24-16-14-21(24)3;/h20-21,23-25H,1,4-18H2,2-3H3;1H. The van der Waals surface area contributed by atoms with Crippen molar-refractivity contribution in [2.75, 3.05) is 11.5 Å². The van der Waals surface area contributed by atoms with E-state index < -0.39 is 0 Å². The lowest BCUT2D eigenvalue weighted by atomic mass is 9.87. The number of hydrogen-bond acceptors (Lipinski definition) is 2. The van der Waals surface area contributed by atoms with Crippen LogP contribution in [0.4, 0.5) is 0 Å². The van der Waals surface area contributed by atoms with Crippen molar-refractivity contribution in [2.45, 2.75) is 108 Å². The van der Waals surface area contributed by atoms with Crippen molar-refractivity contribution < 1.29 is 17.8 Å². The number of nitrogens with two attached hydrogens (primary N) is 1. The van der Waals surface area contributed by atoms with E-state index in [1.807, 2.05) is 0 Å². The lowest BCUT2D eigenvalue weighted by Crippen LogP contribution is -3.00. The number of thioether (sulfide) groups is 2. The number of hydrogen-bond donors (Lipinski definition) is 1. The summed E-state index contributed by atoms with van der Waals surface area (Å²) in [4.78, 5) is 0. The molecule has 0 heterocycles. The largest absolute Gasteiger partial charge is 1.00 e. The van der Waals surface area contributed by atoms with Gasteiger partial charge in [0.15, 0.2) is 0 Å². The van der Waals surface area contributed by atoms with Gasteiger partial charge in [-0.2, -0.15) is 23.5 Å². The lowest BCUT2D eigenvalue weighted by molar-refractivity contribution is -0.119. The molecule has 0 aromatic carbocycles. The average molecular weight is 446 g/mol. The van der Waals surface area contributed by atoms with Crippen LogP contribution >= 0.6 is 23.5 Å². The van der Waals surface area contributed by atoms with Crippen LogP contribution in [0.2, 0.25) is 0 Å². The zero-order chi connectivity index (χ0) is 19.5. The van der Waals surface area contributed by atoms with Gasteiger partial charge in [-0.05, 0) is 94.0 Å². The Morgan fingerprint density at radius 2 is 1.21 bits per heavy atom. The first-order valence-electron chi connectivity index (χ1n) is 11.6. The van der Waals surface area contributed by atoms with Crippen LogP contribution in [0, 0.1) is 11.8 Å². The van der Waals surface area contributed by atoms with Gasteiger partial charge in [-0.3, -0.25) is 5.41 Å². The van der Waals surface area contributed by atoms with E-state index in [1.54, 1.807) is 0 Å². The molecule has 2 aliphatic carbocycles. The fourth-order valence-electron chi connectivity index (χ4n) is 3.99. The first-order chi connectivity index (χ1) is 13.1. The Kier molecular flexibility index (Phi) is 14.4. The van der Waals surface area contributed by atoms with Gasteiger partial charge >= 0.3 is 0 Å². The van der Waals surface area contributed by atoms with Gasteiger partial charge in [-0.15, -0.1) is 0 Å². The van der Waals surface area contributed by atoms with E-state index >= 15 is 0 Å². The summed E-state index contributed by atoms with van der Waals surface area (Å²) in [6.07, 6.45) is 16.9. The molecule has 1 nitrogen and oxygen atoms in total. The first-order valence-corrected chi connectivity index (χ1v) is 13.7. The molecule has 2 aliphatic rings. The van der Waals surface area contributed by atoms with Gasteiger partial charge in [-0.25, -0.2) is 0 Å². The normalized spacial score (nSPS) is 26.1. The van der Waals surface area contributed by atoms with E-state index in [9.17, 15) is 0 Å². The molecule has 0 bridgehead atoms. The molecular formula is C24H44ClNS2. The number of halogens is 1.